The molecule has 4 N–H and O–H groups in total. The second-order valence-electron chi connectivity index (χ2n) is 7.69. The zero-order chi connectivity index (χ0) is 28.7. The molecule has 2 heterocycles. The molecule has 0 radical (unpaired) electrons. The van der Waals surface area contributed by atoms with Crippen LogP contribution in [0.15, 0.2) is 46.8 Å². The van der Waals surface area contributed by atoms with Gasteiger partial charge in [0.2, 0.25) is 0 Å². The van der Waals surface area contributed by atoms with Gasteiger partial charge in [-0.2, -0.15) is 17.9 Å². The Kier molecular flexibility index (Phi) is 7.34. The highest BCUT2D eigenvalue weighted by Gasteiger charge is 2.31. The molecule has 39 heavy (non-hydrogen) atoms. The van der Waals surface area contributed by atoms with Crippen LogP contribution in [0.2, 0.25) is 0 Å². The first-order valence-corrected chi connectivity index (χ1v) is 12.6. The summed E-state index contributed by atoms with van der Waals surface area (Å²) in [6.45, 7) is 0. The van der Waals surface area contributed by atoms with Gasteiger partial charge in [0.15, 0.2) is 29.4 Å². The molecule has 0 unspecified atom stereocenters. The van der Waals surface area contributed by atoms with Gasteiger partial charge >= 0.3 is 12.1 Å². The molecule has 0 bridgehead atoms. The van der Waals surface area contributed by atoms with E-state index in [0.29, 0.717) is 11.3 Å². The first-order valence-electron chi connectivity index (χ1n) is 10.3. The molecule has 0 saturated carbocycles. The number of fused-ring (bicyclic) bond motifs is 1. The minimum absolute atomic E-state index is 0.168. The monoisotopic (exact) mass is 591 g/mol. The lowest BCUT2D eigenvalue weighted by Gasteiger charge is -2.16. The number of nitrogens with one attached hydrogen (secondary N) is 3. The normalized spacial score (nSPS) is 12.7. The summed E-state index contributed by atoms with van der Waals surface area (Å²) in [6.07, 6.45) is -5.90. The van der Waals surface area contributed by atoms with E-state index >= 15 is 0 Å². The van der Waals surface area contributed by atoms with Crippen LogP contribution >= 0.6 is 11.3 Å². The Bertz CT molecular complexity index is 1750. The van der Waals surface area contributed by atoms with Gasteiger partial charge in [-0.3, -0.25) is 0 Å². The Hall–Kier alpha value is -4.07. The van der Waals surface area contributed by atoms with Crippen molar-refractivity contribution in [2.75, 3.05) is 5.32 Å². The number of hydrogen-bond acceptors (Lipinski definition) is 5. The van der Waals surface area contributed by atoms with Crippen LogP contribution in [-0.2, 0) is 21.0 Å². The molecule has 0 spiro atoms. The summed E-state index contributed by atoms with van der Waals surface area (Å²) in [5.74, 6) is -4.52. The van der Waals surface area contributed by atoms with E-state index in [9.17, 15) is 49.1 Å². The molecule has 0 amide bonds. The molecule has 0 aliphatic carbocycles. The third-order valence-electron chi connectivity index (χ3n) is 5.11. The fourth-order valence-electron chi connectivity index (χ4n) is 3.27. The third-order valence-corrected chi connectivity index (χ3v) is 8.02. The maximum atomic E-state index is 14.3. The van der Waals surface area contributed by atoms with Gasteiger partial charge in [-0.25, -0.2) is 30.8 Å². The highest BCUT2D eigenvalue weighted by Crippen LogP contribution is 2.32. The minimum atomic E-state index is -4.56. The highest BCUT2D eigenvalue weighted by molar-refractivity contribution is 7.91. The SMILES string of the molecule is O=C(O)[C@@H](Nc1c[nH]c2c(F)c(F)c(F)c(F)c12)NS(=O)(=O)c1ccc(C#Cc2ccc(C(F)(F)F)cc2)s1. The lowest BCUT2D eigenvalue weighted by atomic mass is 10.1. The van der Waals surface area contributed by atoms with Gasteiger partial charge in [0.05, 0.1) is 27.0 Å². The molecule has 0 fully saturated rings. The van der Waals surface area contributed by atoms with E-state index in [1.807, 2.05) is 0 Å². The standard InChI is InChI=1S/C23H12F7N3O4S2/c24-16-15-13(9-31-20(15)19(27)18(26)17(16)25)32-21(22(34)35)33-39(36,37)14-8-7-12(38-14)6-3-10-1-4-11(5-2-10)23(28,29)30/h1-2,4-5,7-9,21,31-33H,(H,34,35)/t21-/m0/s1. The number of anilines is 1. The van der Waals surface area contributed by atoms with Crippen molar-refractivity contribution in [3.63, 3.8) is 0 Å². The van der Waals surface area contributed by atoms with Crippen LogP contribution in [0.4, 0.5) is 36.4 Å². The number of halogens is 7. The Labute approximate surface area is 218 Å². The summed E-state index contributed by atoms with van der Waals surface area (Å²) in [7, 11) is -4.56. The zero-order valence-corrected chi connectivity index (χ0v) is 20.4. The summed E-state index contributed by atoms with van der Waals surface area (Å²) < 4.78 is 120. The van der Waals surface area contributed by atoms with Crippen LogP contribution in [0.1, 0.15) is 16.0 Å². The van der Waals surface area contributed by atoms with Crippen LogP contribution in [0.25, 0.3) is 10.9 Å². The van der Waals surface area contributed by atoms with Crippen molar-refractivity contribution >= 4 is 43.9 Å². The summed E-state index contributed by atoms with van der Waals surface area (Å²) in [4.78, 5) is 14.0. The molecule has 204 valence electrons. The number of aromatic amines is 1. The average Bonchev–Trinajstić information content (AvgIpc) is 3.52. The Morgan fingerprint density at radius 1 is 0.949 bits per heavy atom. The van der Waals surface area contributed by atoms with E-state index in [1.165, 1.54) is 6.07 Å². The number of carboxylic acids is 1. The zero-order valence-electron chi connectivity index (χ0n) is 18.8. The number of aliphatic carboxylic acids is 1. The lowest BCUT2D eigenvalue weighted by Crippen LogP contribution is -2.45. The maximum absolute atomic E-state index is 14.3. The van der Waals surface area contributed by atoms with Crippen molar-refractivity contribution in [2.24, 2.45) is 0 Å². The number of carbonyl (C=O) groups is 1. The minimum Gasteiger partial charge on any atom is -0.479 e. The predicted octanol–water partition coefficient (Wildman–Crippen LogP) is 5.01. The molecule has 4 rings (SSSR count). The maximum Gasteiger partial charge on any atom is 0.416 e. The largest absolute Gasteiger partial charge is 0.479 e. The van der Waals surface area contributed by atoms with Crippen molar-refractivity contribution in [1.29, 1.82) is 0 Å². The summed E-state index contributed by atoms with van der Waals surface area (Å²) in [5.41, 5.74) is -2.06. The summed E-state index contributed by atoms with van der Waals surface area (Å²) in [5, 5.41) is 10.7. The fraction of sp³-hybridized carbons (Fsp3) is 0.0870. The van der Waals surface area contributed by atoms with Gasteiger partial charge in [0, 0.05) is 11.8 Å². The molecule has 0 aliphatic rings. The molecule has 2 aromatic heterocycles. The summed E-state index contributed by atoms with van der Waals surface area (Å²) >= 11 is 0.607. The van der Waals surface area contributed by atoms with E-state index in [0.717, 1.165) is 36.5 Å². The number of rotatable bonds is 6. The third kappa shape index (κ3) is 5.70. The van der Waals surface area contributed by atoms with E-state index in [2.05, 4.69) is 22.1 Å². The van der Waals surface area contributed by atoms with Gasteiger partial charge < -0.3 is 15.4 Å². The number of carboxylic acid groups (broad SMARTS) is 1. The molecular weight excluding hydrogens is 579 g/mol. The van der Waals surface area contributed by atoms with Gasteiger partial charge in [-0.15, -0.1) is 11.3 Å². The molecule has 7 nitrogen and oxygen atoms in total. The number of hydrogen-bond donors (Lipinski definition) is 4. The van der Waals surface area contributed by atoms with E-state index in [-0.39, 0.29) is 10.4 Å². The van der Waals surface area contributed by atoms with Crippen molar-refractivity contribution < 1.29 is 49.1 Å². The quantitative estimate of drug-likeness (QED) is 0.0829. The Balaban J connectivity index is 1.55. The van der Waals surface area contributed by atoms with Crippen molar-refractivity contribution in [3.8, 4) is 11.8 Å². The number of benzene rings is 2. The molecule has 1 atom stereocenters. The topological polar surface area (TPSA) is 111 Å². The van der Waals surface area contributed by atoms with Gasteiger partial charge in [0.1, 0.15) is 4.21 Å². The van der Waals surface area contributed by atoms with Crippen LogP contribution in [-0.4, -0.2) is 30.6 Å². The molecule has 4 aromatic rings. The first kappa shape index (κ1) is 28.0. The Morgan fingerprint density at radius 2 is 1.59 bits per heavy atom. The first-order chi connectivity index (χ1) is 18.2. The Morgan fingerprint density at radius 3 is 2.21 bits per heavy atom. The van der Waals surface area contributed by atoms with Crippen molar-refractivity contribution in [1.82, 2.24) is 9.71 Å². The smallest absolute Gasteiger partial charge is 0.416 e. The average molecular weight is 591 g/mol. The second-order valence-corrected chi connectivity index (χ2v) is 10.7. The van der Waals surface area contributed by atoms with E-state index < -0.39 is 78.0 Å². The van der Waals surface area contributed by atoms with Crippen LogP contribution < -0.4 is 10.0 Å². The molecular formula is C23H12F7N3O4S2. The van der Waals surface area contributed by atoms with Gasteiger partial charge in [0.25, 0.3) is 10.0 Å². The number of aromatic nitrogens is 1. The summed E-state index contributed by atoms with van der Waals surface area (Å²) in [6, 6.07) is 6.28. The van der Waals surface area contributed by atoms with Crippen LogP contribution in [0, 0.1) is 35.1 Å². The molecule has 16 heteroatoms. The van der Waals surface area contributed by atoms with Crippen LogP contribution in [0.5, 0.6) is 0 Å². The number of thiophene rings is 1. The van der Waals surface area contributed by atoms with Crippen LogP contribution in [0.3, 0.4) is 0 Å². The number of sulfonamides is 1. The predicted molar refractivity (Wildman–Crippen MR) is 125 cm³/mol. The van der Waals surface area contributed by atoms with Gasteiger partial charge in [-0.1, -0.05) is 11.8 Å². The van der Waals surface area contributed by atoms with E-state index in [4.69, 9.17) is 0 Å². The molecule has 2 aromatic carbocycles. The van der Waals surface area contributed by atoms with Crippen molar-refractivity contribution in [2.45, 2.75) is 16.6 Å². The number of H-pyrrole nitrogens is 1. The lowest BCUT2D eigenvalue weighted by molar-refractivity contribution is -0.138. The second kappa shape index (κ2) is 10.2. The van der Waals surface area contributed by atoms with Gasteiger partial charge in [-0.05, 0) is 36.4 Å². The fourth-order valence-corrected chi connectivity index (χ4v) is 5.55. The van der Waals surface area contributed by atoms with E-state index in [1.54, 1.807) is 4.72 Å². The molecule has 0 saturated heterocycles. The van der Waals surface area contributed by atoms with Crippen molar-refractivity contribution in [3.05, 3.63) is 81.9 Å². The highest BCUT2D eigenvalue weighted by atomic mass is 32.2. The molecule has 0 aliphatic heterocycles. The number of alkyl halides is 3.